The number of aliphatic carboxylic acids is 1. The lowest BCUT2D eigenvalue weighted by Crippen LogP contribution is -2.18. The van der Waals surface area contributed by atoms with Crippen molar-refractivity contribution in [1.82, 2.24) is 29.3 Å². The number of aryl methyl sites for hydroxylation is 2. The highest BCUT2D eigenvalue weighted by Gasteiger charge is 2.20. The quantitative estimate of drug-likeness (QED) is 0.628. The zero-order valence-corrected chi connectivity index (χ0v) is 17.2. The lowest BCUT2D eigenvalue weighted by molar-refractivity contribution is -0.140. The Hall–Kier alpha value is -3.43. The molecule has 1 unspecified atom stereocenters. The number of amides is 1. The predicted molar refractivity (Wildman–Crippen MR) is 106 cm³/mol. The molecule has 1 atom stereocenters. The summed E-state index contributed by atoms with van der Waals surface area (Å²) >= 11 is 0. The van der Waals surface area contributed by atoms with Crippen molar-refractivity contribution < 1.29 is 14.7 Å². The smallest absolute Gasteiger partial charge is 0.328 e. The van der Waals surface area contributed by atoms with E-state index in [1.807, 2.05) is 43.3 Å². The highest BCUT2D eigenvalue weighted by molar-refractivity contribution is 6.03. The third-order valence-electron chi connectivity index (χ3n) is 5.04. The number of hydrogen-bond donors (Lipinski definition) is 2. The van der Waals surface area contributed by atoms with E-state index >= 15 is 0 Å². The molecule has 154 valence electrons. The van der Waals surface area contributed by atoms with Gasteiger partial charge < -0.3 is 10.4 Å². The maximum atomic E-state index is 12.6. The largest absolute Gasteiger partial charge is 0.480 e. The number of carboxylic acids is 1. The molecule has 0 aliphatic heterocycles. The second-order valence-corrected chi connectivity index (χ2v) is 6.92. The van der Waals surface area contributed by atoms with Gasteiger partial charge in [-0.15, -0.1) is 0 Å². The third kappa shape index (κ3) is 3.91. The number of carbonyl (C=O) groups excluding carboxylic acids is 1. The summed E-state index contributed by atoms with van der Waals surface area (Å²) in [7, 11) is 0. The minimum Gasteiger partial charge on any atom is -0.480 e. The van der Waals surface area contributed by atoms with E-state index in [0.717, 1.165) is 23.5 Å². The van der Waals surface area contributed by atoms with Crippen LogP contribution in [0, 0.1) is 20.8 Å². The van der Waals surface area contributed by atoms with E-state index in [2.05, 4.69) is 20.6 Å². The average molecular weight is 399 g/mol. The number of rotatable bonds is 7. The van der Waals surface area contributed by atoms with Crippen LogP contribution in [0.4, 0.5) is 5.69 Å². The van der Waals surface area contributed by atoms with Gasteiger partial charge in [-0.05, 0) is 40.7 Å². The van der Waals surface area contributed by atoms with E-state index < -0.39 is 17.9 Å². The second kappa shape index (κ2) is 7.90. The molecule has 0 aliphatic rings. The van der Waals surface area contributed by atoms with Crippen LogP contribution in [0.3, 0.4) is 0 Å². The molecule has 0 saturated carbocycles. The Morgan fingerprint density at radius 3 is 2.52 bits per heavy atom. The van der Waals surface area contributed by atoms with E-state index in [0.29, 0.717) is 17.9 Å². The van der Waals surface area contributed by atoms with Gasteiger partial charge in [-0.25, -0.2) is 4.79 Å². The van der Waals surface area contributed by atoms with Gasteiger partial charge in [-0.3, -0.25) is 18.8 Å². The number of aromatic nitrogens is 6. The number of anilines is 1. The van der Waals surface area contributed by atoms with Crippen LogP contribution in [0.5, 0.6) is 0 Å². The van der Waals surface area contributed by atoms with Crippen LogP contribution in [0.25, 0.3) is 0 Å². The van der Waals surface area contributed by atoms with E-state index in [1.54, 1.807) is 0 Å². The SMILES string of the molecule is CCn1ncc(Cn2nc(C)c(NC(=O)c3ccn(C(C)C(=O)O)n3)c2C)c1C. The van der Waals surface area contributed by atoms with E-state index in [-0.39, 0.29) is 5.69 Å². The fourth-order valence-electron chi connectivity index (χ4n) is 3.12. The summed E-state index contributed by atoms with van der Waals surface area (Å²) < 4.78 is 5.01. The third-order valence-corrected chi connectivity index (χ3v) is 5.04. The average Bonchev–Trinajstić information content (AvgIpc) is 3.37. The maximum Gasteiger partial charge on any atom is 0.328 e. The highest BCUT2D eigenvalue weighted by atomic mass is 16.4. The summed E-state index contributed by atoms with van der Waals surface area (Å²) in [5.74, 6) is -1.43. The first-order chi connectivity index (χ1) is 13.7. The molecule has 10 nitrogen and oxygen atoms in total. The molecule has 3 aromatic rings. The molecule has 29 heavy (non-hydrogen) atoms. The van der Waals surface area contributed by atoms with Crippen LogP contribution >= 0.6 is 0 Å². The van der Waals surface area contributed by atoms with Gasteiger partial charge in [0, 0.05) is 24.0 Å². The number of carboxylic acid groups (broad SMARTS) is 1. The molecular formula is C19H25N7O3. The van der Waals surface area contributed by atoms with Crippen LogP contribution in [-0.4, -0.2) is 46.3 Å². The number of carbonyl (C=O) groups is 2. The van der Waals surface area contributed by atoms with Crippen LogP contribution < -0.4 is 5.32 Å². The summed E-state index contributed by atoms with van der Waals surface area (Å²) in [6.45, 7) is 10.6. The molecule has 2 N–H and O–H groups in total. The topological polar surface area (TPSA) is 120 Å². The molecule has 0 fully saturated rings. The summed E-state index contributed by atoms with van der Waals surface area (Å²) in [6.07, 6.45) is 3.31. The van der Waals surface area contributed by atoms with Gasteiger partial charge in [-0.2, -0.15) is 15.3 Å². The monoisotopic (exact) mass is 399 g/mol. The molecule has 0 aromatic carbocycles. The number of nitrogens with zero attached hydrogens (tertiary/aromatic N) is 6. The normalized spacial score (nSPS) is 12.2. The molecule has 10 heteroatoms. The summed E-state index contributed by atoms with van der Waals surface area (Å²) in [5.41, 5.74) is 4.43. The van der Waals surface area contributed by atoms with Crippen molar-refractivity contribution in [3.63, 3.8) is 0 Å². The molecule has 3 heterocycles. The van der Waals surface area contributed by atoms with Gasteiger partial charge in [0.1, 0.15) is 6.04 Å². The fourth-order valence-corrected chi connectivity index (χ4v) is 3.12. The Morgan fingerprint density at radius 1 is 1.17 bits per heavy atom. The Kier molecular flexibility index (Phi) is 5.53. The summed E-state index contributed by atoms with van der Waals surface area (Å²) in [4.78, 5) is 23.7. The van der Waals surface area contributed by atoms with E-state index in [1.165, 1.54) is 23.9 Å². The Morgan fingerprint density at radius 2 is 1.90 bits per heavy atom. The van der Waals surface area contributed by atoms with Crippen molar-refractivity contribution in [3.8, 4) is 0 Å². The zero-order valence-electron chi connectivity index (χ0n) is 17.2. The van der Waals surface area contributed by atoms with Gasteiger partial charge in [0.15, 0.2) is 5.69 Å². The van der Waals surface area contributed by atoms with Gasteiger partial charge in [0.05, 0.1) is 29.8 Å². The van der Waals surface area contributed by atoms with Crippen molar-refractivity contribution in [3.05, 3.63) is 46.8 Å². The fraction of sp³-hybridized carbons (Fsp3) is 0.421. The predicted octanol–water partition coefficient (Wildman–Crippen LogP) is 2.17. The molecule has 0 bridgehead atoms. The Labute approximate surface area is 168 Å². The molecule has 3 rings (SSSR count). The first kappa shape index (κ1) is 20.3. The zero-order chi connectivity index (χ0) is 21.3. The second-order valence-electron chi connectivity index (χ2n) is 6.92. The molecule has 0 saturated heterocycles. The molecular weight excluding hydrogens is 374 g/mol. The van der Waals surface area contributed by atoms with E-state index in [4.69, 9.17) is 5.11 Å². The maximum absolute atomic E-state index is 12.6. The lowest BCUT2D eigenvalue weighted by Gasteiger charge is -2.07. The molecule has 3 aromatic heterocycles. The van der Waals surface area contributed by atoms with Crippen molar-refractivity contribution in [2.45, 2.75) is 53.8 Å². The van der Waals surface area contributed by atoms with Crippen molar-refractivity contribution in [1.29, 1.82) is 0 Å². The summed E-state index contributed by atoms with van der Waals surface area (Å²) in [5, 5.41) is 24.9. The van der Waals surface area contributed by atoms with Crippen LogP contribution in [0.2, 0.25) is 0 Å². The van der Waals surface area contributed by atoms with Crippen molar-refractivity contribution in [2.24, 2.45) is 0 Å². The molecule has 1 amide bonds. The molecule has 0 radical (unpaired) electrons. The molecule has 0 aliphatic carbocycles. The first-order valence-corrected chi connectivity index (χ1v) is 9.37. The standard InChI is InChI=1S/C19H25N7O3/c1-6-24-12(3)15(9-20-24)10-26-13(4)17(11(2)22-26)21-18(27)16-7-8-25(23-16)14(5)19(28)29/h7-9,14H,6,10H2,1-5H3,(H,21,27)(H,28,29). The van der Waals surface area contributed by atoms with Gasteiger partial charge in [0.2, 0.25) is 0 Å². The summed E-state index contributed by atoms with van der Waals surface area (Å²) in [6, 6.07) is 0.641. The minimum atomic E-state index is -1.02. The van der Waals surface area contributed by atoms with Crippen LogP contribution in [0.15, 0.2) is 18.5 Å². The minimum absolute atomic E-state index is 0.143. The highest BCUT2D eigenvalue weighted by Crippen LogP contribution is 2.22. The van der Waals surface area contributed by atoms with Crippen molar-refractivity contribution >= 4 is 17.6 Å². The number of nitrogens with one attached hydrogen (secondary N) is 1. The van der Waals surface area contributed by atoms with Gasteiger partial charge >= 0.3 is 5.97 Å². The Bertz CT molecular complexity index is 1060. The van der Waals surface area contributed by atoms with E-state index in [9.17, 15) is 9.59 Å². The first-order valence-electron chi connectivity index (χ1n) is 9.37. The van der Waals surface area contributed by atoms with Crippen molar-refractivity contribution in [2.75, 3.05) is 5.32 Å². The lowest BCUT2D eigenvalue weighted by atomic mass is 10.2. The molecule has 0 spiro atoms. The Balaban J connectivity index is 1.79. The number of hydrogen-bond acceptors (Lipinski definition) is 5. The van der Waals surface area contributed by atoms with Crippen LogP contribution in [0.1, 0.15) is 53.0 Å². The van der Waals surface area contributed by atoms with Gasteiger partial charge in [0.25, 0.3) is 5.91 Å². The van der Waals surface area contributed by atoms with Gasteiger partial charge in [-0.1, -0.05) is 0 Å². The van der Waals surface area contributed by atoms with Crippen LogP contribution in [-0.2, 0) is 17.9 Å².